The number of hydrogen-bond donors (Lipinski definition) is 0. The second-order valence-electron chi connectivity index (χ2n) is 2.93. The largest absolute Gasteiger partial charge is 0.416 e. The minimum absolute atomic E-state index is 0.608. The number of benzene rings is 1. The van der Waals surface area contributed by atoms with Gasteiger partial charge in [-0.3, -0.25) is 0 Å². The number of thioether (sulfide) groups is 1. The maximum absolute atomic E-state index is 5.41. The van der Waals surface area contributed by atoms with Crippen molar-refractivity contribution in [2.45, 2.75) is 11.6 Å². The van der Waals surface area contributed by atoms with E-state index in [2.05, 4.69) is 26.1 Å². The van der Waals surface area contributed by atoms with Gasteiger partial charge in [0.2, 0.25) is 5.89 Å². The van der Waals surface area contributed by atoms with Gasteiger partial charge in [0, 0.05) is 4.47 Å². The lowest BCUT2D eigenvalue weighted by molar-refractivity contribution is 0.420. The van der Waals surface area contributed by atoms with Crippen molar-refractivity contribution < 1.29 is 4.42 Å². The quantitative estimate of drug-likeness (QED) is 0.812. The van der Waals surface area contributed by atoms with E-state index >= 15 is 0 Å². The van der Waals surface area contributed by atoms with Gasteiger partial charge < -0.3 is 4.42 Å². The first-order chi connectivity index (χ1) is 7.29. The zero-order chi connectivity index (χ0) is 10.7. The molecule has 0 unspecified atom stereocenters. The molecule has 0 saturated heterocycles. The van der Waals surface area contributed by atoms with Crippen LogP contribution < -0.4 is 0 Å². The smallest absolute Gasteiger partial charge is 0.276 e. The Morgan fingerprint density at radius 1 is 1.33 bits per heavy atom. The third-order valence-electron chi connectivity index (χ3n) is 1.92. The number of rotatable bonds is 3. The van der Waals surface area contributed by atoms with Crippen LogP contribution >= 0.6 is 27.7 Å². The van der Waals surface area contributed by atoms with Crippen LogP contribution in [0.2, 0.25) is 0 Å². The molecule has 0 fully saturated rings. The molecule has 0 saturated carbocycles. The Bertz CT molecular complexity index is 458. The summed E-state index contributed by atoms with van der Waals surface area (Å²) in [5, 5.41) is 8.46. The fourth-order valence-corrected chi connectivity index (χ4v) is 1.92. The van der Waals surface area contributed by atoms with Crippen molar-refractivity contribution in [3.05, 3.63) is 40.2 Å². The number of hydrogen-bond acceptors (Lipinski definition) is 4. The van der Waals surface area contributed by atoms with Gasteiger partial charge in [-0.05, 0) is 17.9 Å². The van der Waals surface area contributed by atoms with Crippen molar-refractivity contribution >= 4 is 27.7 Å². The van der Waals surface area contributed by atoms with E-state index in [0.29, 0.717) is 17.5 Å². The van der Waals surface area contributed by atoms with Crippen LogP contribution in [0, 0.1) is 0 Å². The lowest BCUT2D eigenvalue weighted by Crippen LogP contribution is -1.89. The second-order valence-corrected chi connectivity index (χ2v) is 4.55. The van der Waals surface area contributed by atoms with Gasteiger partial charge in [0.1, 0.15) is 0 Å². The van der Waals surface area contributed by atoms with E-state index in [-0.39, 0.29) is 0 Å². The van der Waals surface area contributed by atoms with Crippen LogP contribution in [0.3, 0.4) is 0 Å². The van der Waals surface area contributed by atoms with E-state index < -0.39 is 0 Å². The van der Waals surface area contributed by atoms with E-state index in [1.165, 1.54) is 11.8 Å². The van der Waals surface area contributed by atoms with Crippen molar-refractivity contribution in [3.63, 3.8) is 0 Å². The Kier molecular flexibility index (Phi) is 3.43. The molecule has 78 valence electrons. The molecule has 15 heavy (non-hydrogen) atoms. The summed E-state index contributed by atoms with van der Waals surface area (Å²) in [4.78, 5) is 0. The van der Waals surface area contributed by atoms with Crippen LogP contribution in [0.5, 0.6) is 0 Å². The van der Waals surface area contributed by atoms with E-state index in [4.69, 9.17) is 4.42 Å². The van der Waals surface area contributed by atoms with E-state index in [1.807, 2.05) is 30.5 Å². The molecule has 0 atom stereocenters. The number of halogens is 1. The van der Waals surface area contributed by atoms with Gasteiger partial charge >= 0.3 is 0 Å². The van der Waals surface area contributed by atoms with Crippen molar-refractivity contribution in [2.75, 3.05) is 6.26 Å². The Morgan fingerprint density at radius 2 is 2.13 bits per heavy atom. The van der Waals surface area contributed by atoms with Crippen LogP contribution in [-0.4, -0.2) is 16.5 Å². The molecule has 0 N–H and O–H groups in total. The summed E-state index contributed by atoms with van der Waals surface area (Å²) in [6.45, 7) is 0. The van der Waals surface area contributed by atoms with Gasteiger partial charge in [-0.25, -0.2) is 0 Å². The van der Waals surface area contributed by atoms with Crippen molar-refractivity contribution in [2.24, 2.45) is 0 Å². The Morgan fingerprint density at radius 3 is 2.80 bits per heavy atom. The van der Waals surface area contributed by atoms with E-state index in [0.717, 1.165) is 10.0 Å². The summed E-state index contributed by atoms with van der Waals surface area (Å²) < 4.78 is 6.48. The third kappa shape index (κ3) is 2.60. The monoisotopic (exact) mass is 284 g/mol. The minimum Gasteiger partial charge on any atom is -0.416 e. The molecule has 2 aromatic rings. The highest BCUT2D eigenvalue weighted by molar-refractivity contribution is 9.10. The highest BCUT2D eigenvalue weighted by Crippen LogP contribution is 2.20. The molecule has 0 bridgehead atoms. The van der Waals surface area contributed by atoms with Crippen LogP contribution in [0.1, 0.15) is 11.5 Å². The first-order valence-electron chi connectivity index (χ1n) is 4.39. The molecule has 0 spiro atoms. The molecule has 0 aliphatic carbocycles. The maximum atomic E-state index is 5.41. The molecule has 2 rings (SSSR count). The summed E-state index contributed by atoms with van der Waals surface area (Å²) in [6, 6.07) is 8.01. The van der Waals surface area contributed by atoms with Crippen LogP contribution in [0.4, 0.5) is 0 Å². The summed E-state index contributed by atoms with van der Waals surface area (Å²) in [5.41, 5.74) is 1.15. The van der Waals surface area contributed by atoms with Gasteiger partial charge in [-0.2, -0.15) is 0 Å². The standard InChI is InChI=1S/C10H9BrN2OS/c1-15-10-13-12-9(14-10)6-7-4-2-3-5-8(7)11/h2-5H,6H2,1H3. The highest BCUT2D eigenvalue weighted by atomic mass is 79.9. The summed E-state index contributed by atoms with van der Waals surface area (Å²) in [6.07, 6.45) is 2.57. The van der Waals surface area contributed by atoms with Gasteiger partial charge in [-0.1, -0.05) is 45.9 Å². The first kappa shape index (κ1) is 10.7. The van der Waals surface area contributed by atoms with Crippen LogP contribution in [-0.2, 0) is 6.42 Å². The normalized spacial score (nSPS) is 10.5. The molecule has 1 heterocycles. The number of aromatic nitrogens is 2. The highest BCUT2D eigenvalue weighted by Gasteiger charge is 2.07. The predicted octanol–water partition coefficient (Wildman–Crippen LogP) is 3.14. The summed E-state index contributed by atoms with van der Waals surface area (Å²) in [7, 11) is 0. The average Bonchev–Trinajstić information content (AvgIpc) is 2.69. The van der Waals surface area contributed by atoms with Crippen molar-refractivity contribution in [1.29, 1.82) is 0 Å². The molecule has 0 aliphatic heterocycles. The molecule has 5 heteroatoms. The summed E-state index contributed by atoms with van der Waals surface area (Å²) >= 11 is 4.93. The zero-order valence-corrected chi connectivity index (χ0v) is 10.5. The van der Waals surface area contributed by atoms with Crippen LogP contribution in [0.25, 0.3) is 0 Å². The lowest BCUT2D eigenvalue weighted by Gasteiger charge is -1.99. The third-order valence-corrected chi connectivity index (χ3v) is 3.21. The molecule has 3 nitrogen and oxygen atoms in total. The Balaban J connectivity index is 2.18. The second kappa shape index (κ2) is 4.81. The molecular weight excluding hydrogens is 276 g/mol. The van der Waals surface area contributed by atoms with E-state index in [9.17, 15) is 0 Å². The molecule has 0 aliphatic rings. The average molecular weight is 285 g/mol. The Hall–Kier alpha value is -0.810. The molecule has 0 amide bonds. The van der Waals surface area contributed by atoms with Gasteiger partial charge in [0.05, 0.1) is 6.42 Å². The SMILES string of the molecule is CSc1nnc(Cc2ccccc2Br)o1. The maximum Gasteiger partial charge on any atom is 0.276 e. The minimum atomic E-state index is 0.608. The fourth-order valence-electron chi connectivity index (χ4n) is 1.20. The Labute approximate surface area is 100 Å². The lowest BCUT2D eigenvalue weighted by atomic mass is 10.1. The van der Waals surface area contributed by atoms with Gasteiger partial charge in [0.25, 0.3) is 5.22 Å². The topological polar surface area (TPSA) is 38.9 Å². The molecule has 1 aromatic carbocycles. The van der Waals surface area contributed by atoms with Gasteiger partial charge in [0.15, 0.2) is 0 Å². The van der Waals surface area contributed by atoms with E-state index in [1.54, 1.807) is 0 Å². The summed E-state index contributed by atoms with van der Waals surface area (Å²) in [5.74, 6) is 0.645. The van der Waals surface area contributed by atoms with Crippen molar-refractivity contribution in [3.8, 4) is 0 Å². The van der Waals surface area contributed by atoms with Crippen LogP contribution in [0.15, 0.2) is 38.4 Å². The van der Waals surface area contributed by atoms with Crippen molar-refractivity contribution in [1.82, 2.24) is 10.2 Å². The molecular formula is C10H9BrN2OS. The number of nitrogens with zero attached hydrogens (tertiary/aromatic N) is 2. The van der Waals surface area contributed by atoms with Gasteiger partial charge in [-0.15, -0.1) is 10.2 Å². The first-order valence-corrected chi connectivity index (χ1v) is 6.41. The predicted molar refractivity (Wildman–Crippen MR) is 63.0 cm³/mol. The zero-order valence-electron chi connectivity index (χ0n) is 8.11. The fraction of sp³-hybridized carbons (Fsp3) is 0.200. The molecule has 0 radical (unpaired) electrons. The molecule has 1 aromatic heterocycles.